The van der Waals surface area contributed by atoms with E-state index in [1.54, 1.807) is 13.3 Å². The smallest absolute Gasteiger partial charge is 0.184 e. The molecule has 0 atom stereocenters. The van der Waals surface area contributed by atoms with E-state index in [9.17, 15) is 0 Å². The van der Waals surface area contributed by atoms with E-state index in [0.717, 1.165) is 0 Å². The van der Waals surface area contributed by atoms with Crippen molar-refractivity contribution in [1.82, 2.24) is 0 Å². The predicted octanol–water partition coefficient (Wildman–Crippen LogP) is 0.203. The normalized spacial score (nSPS) is 6.50. The van der Waals surface area contributed by atoms with Crippen LogP contribution in [0.3, 0.4) is 0 Å². The van der Waals surface area contributed by atoms with Crippen LogP contribution in [0.25, 0.3) is 0 Å². The van der Waals surface area contributed by atoms with E-state index in [0.29, 0.717) is 0 Å². The van der Waals surface area contributed by atoms with Crippen LogP contribution in [0.15, 0.2) is 0 Å². The Bertz CT molecular complexity index is 5.25. The third kappa shape index (κ3) is 1.83. The minimum Gasteiger partial charge on any atom is -0.356 e. The lowest BCUT2D eigenvalue weighted by Gasteiger charge is -1.57. The molecule has 0 saturated carbocycles. The molecule has 0 aliphatic heterocycles. The zero-order chi connectivity index (χ0) is 3.41. The highest BCUT2D eigenvalue weighted by Gasteiger charge is 1.70. The van der Waals surface area contributed by atoms with E-state index >= 15 is 0 Å². The van der Waals surface area contributed by atoms with E-state index < -0.39 is 0 Å². The number of hydrogen-bond donors (Lipinski definition) is 1. The van der Waals surface area contributed by atoms with Crippen molar-refractivity contribution in [2.24, 2.45) is 0 Å². The van der Waals surface area contributed by atoms with Gasteiger partial charge in [-0.25, -0.2) is 0 Å². The number of rotatable bonds is 1. The summed E-state index contributed by atoms with van der Waals surface area (Å²) in [5.41, 5.74) is 0. The van der Waals surface area contributed by atoms with Gasteiger partial charge < -0.3 is 5.11 Å². The van der Waals surface area contributed by atoms with Gasteiger partial charge in [0.25, 0.3) is 0 Å². The van der Waals surface area contributed by atoms with Crippen molar-refractivity contribution in [3.8, 4) is 0 Å². The molecule has 0 spiro atoms. The summed E-state index contributed by atoms with van der Waals surface area (Å²) >= 11 is 0. The van der Waals surface area contributed by atoms with E-state index in [2.05, 4.69) is 0 Å². The molecule has 1 N–H and O–H groups in total. The summed E-state index contributed by atoms with van der Waals surface area (Å²) in [6, 6.07) is 0. The first-order valence-corrected chi connectivity index (χ1v) is 1.30. The number of hydrogen-bond acceptors (Lipinski definition) is 1. The largest absolute Gasteiger partial charge is 0.356 e. The van der Waals surface area contributed by atoms with E-state index in [1.807, 2.05) is 0 Å². The molecule has 0 aromatic heterocycles. The second kappa shape index (κ2) is 2.83. The quantitative estimate of drug-likeness (QED) is 0.428. The topological polar surface area (TPSA) is 20.2 Å². The second-order valence-electron chi connectivity index (χ2n) is 0.591. The predicted molar refractivity (Wildman–Crippen MR) is 17.1 cm³/mol. The van der Waals surface area contributed by atoms with Gasteiger partial charge in [0.15, 0.2) is 6.61 Å². The molecule has 0 bridgehead atoms. The molecule has 0 aromatic carbocycles. The Morgan fingerprint density at radius 2 is 2.25 bits per heavy atom. The standard InChI is InChI=1S/C3H7O/c1-2-3-4/h2,4H,3H2,1H3/q+1. The molecule has 0 amide bonds. The van der Waals surface area contributed by atoms with Crippen LogP contribution in [0, 0.1) is 6.42 Å². The summed E-state index contributed by atoms with van der Waals surface area (Å²) in [5, 5.41) is 7.82. The molecule has 0 rings (SSSR count). The summed E-state index contributed by atoms with van der Waals surface area (Å²) in [5.74, 6) is 0. The van der Waals surface area contributed by atoms with Crippen molar-refractivity contribution in [2.75, 3.05) is 6.61 Å². The fourth-order valence-corrected chi connectivity index (χ4v) is 0. The van der Waals surface area contributed by atoms with Gasteiger partial charge in [-0.15, -0.1) is 0 Å². The van der Waals surface area contributed by atoms with Crippen LogP contribution in [0.2, 0.25) is 0 Å². The molecule has 0 unspecified atom stereocenters. The maximum absolute atomic E-state index is 7.82. The van der Waals surface area contributed by atoms with Crippen LogP contribution in [0.4, 0.5) is 0 Å². The average Bonchev–Trinajstić information content (AvgIpc) is 1.37. The zero-order valence-corrected chi connectivity index (χ0v) is 2.73. The molecule has 0 saturated heterocycles. The minimum absolute atomic E-state index is 0.194. The lowest BCUT2D eigenvalue weighted by Crippen LogP contribution is -1.71. The number of aliphatic hydroxyl groups excluding tert-OH is 1. The van der Waals surface area contributed by atoms with Crippen molar-refractivity contribution in [1.29, 1.82) is 0 Å². The molecule has 0 aliphatic carbocycles. The zero-order valence-electron chi connectivity index (χ0n) is 2.73. The highest BCUT2D eigenvalue weighted by molar-refractivity contribution is 4.46. The van der Waals surface area contributed by atoms with Gasteiger partial charge in [-0.1, -0.05) is 0 Å². The first-order valence-electron chi connectivity index (χ1n) is 1.30. The van der Waals surface area contributed by atoms with Crippen LogP contribution >= 0.6 is 0 Å². The molecule has 4 heavy (non-hydrogen) atoms. The highest BCUT2D eigenvalue weighted by atomic mass is 16.2. The van der Waals surface area contributed by atoms with E-state index in [-0.39, 0.29) is 6.61 Å². The Balaban J connectivity index is 1.97. The van der Waals surface area contributed by atoms with Crippen LogP contribution in [-0.4, -0.2) is 11.7 Å². The van der Waals surface area contributed by atoms with Crippen molar-refractivity contribution < 1.29 is 5.11 Å². The number of aliphatic hydroxyl groups is 1. The Kier molecular flexibility index (Phi) is 2.71. The van der Waals surface area contributed by atoms with Crippen molar-refractivity contribution in [3.05, 3.63) is 6.42 Å². The third-order valence-corrected chi connectivity index (χ3v) is 0.183. The summed E-state index contributed by atoms with van der Waals surface area (Å²) in [6.07, 6.45) is 1.68. The molecule has 0 aliphatic rings. The summed E-state index contributed by atoms with van der Waals surface area (Å²) in [6.45, 7) is 2.00. The molecule has 0 fully saturated rings. The summed E-state index contributed by atoms with van der Waals surface area (Å²) in [7, 11) is 0. The molecule has 1 nitrogen and oxygen atoms in total. The Morgan fingerprint density at radius 1 is 2.00 bits per heavy atom. The van der Waals surface area contributed by atoms with Gasteiger partial charge in [0.2, 0.25) is 0 Å². The second-order valence-corrected chi connectivity index (χ2v) is 0.591. The average molecular weight is 59.1 g/mol. The lowest BCUT2D eigenvalue weighted by atomic mass is 10.5. The van der Waals surface area contributed by atoms with Gasteiger partial charge >= 0.3 is 0 Å². The Labute approximate surface area is 26.3 Å². The third-order valence-electron chi connectivity index (χ3n) is 0.183. The van der Waals surface area contributed by atoms with Crippen molar-refractivity contribution in [2.45, 2.75) is 6.92 Å². The van der Waals surface area contributed by atoms with E-state index in [4.69, 9.17) is 5.11 Å². The molecule has 0 heterocycles. The van der Waals surface area contributed by atoms with Crippen LogP contribution in [-0.2, 0) is 0 Å². The van der Waals surface area contributed by atoms with E-state index in [1.165, 1.54) is 0 Å². The van der Waals surface area contributed by atoms with Gasteiger partial charge in [-0.3, -0.25) is 0 Å². The van der Waals surface area contributed by atoms with Crippen molar-refractivity contribution >= 4 is 0 Å². The lowest BCUT2D eigenvalue weighted by molar-refractivity contribution is 0.328. The fraction of sp³-hybridized carbons (Fsp3) is 0.667. The first-order chi connectivity index (χ1) is 1.91. The first kappa shape index (κ1) is 3.83. The molecule has 0 aromatic rings. The van der Waals surface area contributed by atoms with Gasteiger partial charge in [0.05, 0.1) is 13.3 Å². The highest BCUT2D eigenvalue weighted by Crippen LogP contribution is 1.58. The molecular weight excluding hydrogens is 52.0 g/mol. The minimum atomic E-state index is 0.194. The summed E-state index contributed by atoms with van der Waals surface area (Å²) in [4.78, 5) is 0. The van der Waals surface area contributed by atoms with Gasteiger partial charge in [0.1, 0.15) is 0 Å². The van der Waals surface area contributed by atoms with Gasteiger partial charge in [0, 0.05) is 0 Å². The molecule has 24 valence electrons. The molecule has 1 heteroatoms. The van der Waals surface area contributed by atoms with Crippen LogP contribution in [0.1, 0.15) is 6.92 Å². The SMILES string of the molecule is C[CH+]CO. The Hall–Kier alpha value is -0.170. The van der Waals surface area contributed by atoms with Gasteiger partial charge in [-0.2, -0.15) is 0 Å². The summed E-state index contributed by atoms with van der Waals surface area (Å²) < 4.78 is 0. The molecular formula is C3H7O+. The van der Waals surface area contributed by atoms with Crippen LogP contribution in [0.5, 0.6) is 0 Å². The van der Waals surface area contributed by atoms with Crippen molar-refractivity contribution in [3.63, 3.8) is 0 Å². The fourth-order valence-electron chi connectivity index (χ4n) is 0. The van der Waals surface area contributed by atoms with Crippen LogP contribution < -0.4 is 0 Å². The monoisotopic (exact) mass is 59.0 g/mol. The maximum Gasteiger partial charge on any atom is 0.184 e. The molecule has 0 radical (unpaired) electrons. The maximum atomic E-state index is 7.82. The Morgan fingerprint density at radius 3 is 2.25 bits per heavy atom. The van der Waals surface area contributed by atoms with Gasteiger partial charge in [-0.05, 0) is 0 Å².